The molecule has 0 saturated carbocycles. The van der Waals surface area contributed by atoms with Crippen LogP contribution in [0.4, 0.5) is 5.69 Å². The lowest BCUT2D eigenvalue weighted by atomic mass is 10.2. The second-order valence-electron chi connectivity index (χ2n) is 3.72. The highest BCUT2D eigenvalue weighted by atomic mass is 127. The van der Waals surface area contributed by atoms with Crippen LogP contribution in [0, 0.1) is 3.57 Å². The SMILES string of the molecule is Clc1cc(Cl)c(NCc2ccc(I)cc2)c(Cl)c1. The summed E-state index contributed by atoms with van der Waals surface area (Å²) in [5.74, 6) is 0. The van der Waals surface area contributed by atoms with Gasteiger partial charge in [-0.2, -0.15) is 0 Å². The third-order valence-electron chi connectivity index (χ3n) is 2.39. The summed E-state index contributed by atoms with van der Waals surface area (Å²) in [6.45, 7) is 0.665. The summed E-state index contributed by atoms with van der Waals surface area (Å²) in [5.41, 5.74) is 1.87. The molecule has 0 aliphatic heterocycles. The lowest BCUT2D eigenvalue weighted by Gasteiger charge is -2.11. The lowest BCUT2D eigenvalue weighted by molar-refractivity contribution is 1.15. The van der Waals surface area contributed by atoms with Gasteiger partial charge in [-0.1, -0.05) is 46.9 Å². The molecule has 0 heterocycles. The molecule has 0 radical (unpaired) electrons. The first kappa shape index (κ1) is 14.3. The maximum atomic E-state index is 6.09. The summed E-state index contributed by atoms with van der Waals surface area (Å²) in [4.78, 5) is 0. The Bertz CT molecular complexity index is 532. The highest BCUT2D eigenvalue weighted by Gasteiger charge is 2.07. The molecule has 0 atom stereocenters. The van der Waals surface area contributed by atoms with Crippen LogP contribution in [0.3, 0.4) is 0 Å². The van der Waals surface area contributed by atoms with Crippen LogP contribution >= 0.6 is 57.4 Å². The Balaban J connectivity index is 2.13. The predicted octanol–water partition coefficient (Wildman–Crippen LogP) is 5.86. The average Bonchev–Trinajstić information content (AvgIpc) is 2.30. The second-order valence-corrected chi connectivity index (χ2v) is 6.22. The predicted molar refractivity (Wildman–Crippen MR) is 88.0 cm³/mol. The first-order valence-electron chi connectivity index (χ1n) is 5.19. The maximum absolute atomic E-state index is 6.09. The number of halogens is 4. The molecule has 0 aromatic heterocycles. The van der Waals surface area contributed by atoms with Gasteiger partial charge in [0, 0.05) is 15.1 Å². The zero-order valence-electron chi connectivity index (χ0n) is 9.18. The van der Waals surface area contributed by atoms with Gasteiger partial charge in [0.25, 0.3) is 0 Å². The van der Waals surface area contributed by atoms with Gasteiger partial charge in [0.2, 0.25) is 0 Å². The summed E-state index contributed by atoms with van der Waals surface area (Å²) < 4.78 is 1.21. The van der Waals surface area contributed by atoms with Crippen molar-refractivity contribution < 1.29 is 0 Å². The third kappa shape index (κ3) is 3.67. The van der Waals surface area contributed by atoms with Crippen molar-refractivity contribution in [2.24, 2.45) is 0 Å². The van der Waals surface area contributed by atoms with Gasteiger partial charge in [0.15, 0.2) is 0 Å². The first-order chi connectivity index (χ1) is 8.56. The molecule has 2 rings (SSSR count). The van der Waals surface area contributed by atoms with Crippen LogP contribution < -0.4 is 5.32 Å². The molecule has 2 aromatic carbocycles. The quantitative estimate of drug-likeness (QED) is 0.623. The fourth-order valence-electron chi connectivity index (χ4n) is 1.50. The van der Waals surface area contributed by atoms with E-state index in [0.29, 0.717) is 27.3 Å². The van der Waals surface area contributed by atoms with Crippen molar-refractivity contribution in [3.05, 3.63) is 60.6 Å². The average molecular weight is 412 g/mol. The highest BCUT2D eigenvalue weighted by molar-refractivity contribution is 14.1. The van der Waals surface area contributed by atoms with E-state index in [4.69, 9.17) is 34.8 Å². The topological polar surface area (TPSA) is 12.0 Å². The Morgan fingerprint density at radius 1 is 0.944 bits per heavy atom. The third-order valence-corrected chi connectivity index (χ3v) is 3.92. The van der Waals surface area contributed by atoms with Gasteiger partial charge in [-0.25, -0.2) is 0 Å². The molecule has 18 heavy (non-hydrogen) atoms. The van der Waals surface area contributed by atoms with E-state index in [1.807, 2.05) is 0 Å². The molecule has 0 aliphatic rings. The summed E-state index contributed by atoms with van der Waals surface area (Å²) in [7, 11) is 0. The Labute approximate surface area is 135 Å². The van der Waals surface area contributed by atoms with Gasteiger partial charge in [-0.15, -0.1) is 0 Å². The minimum Gasteiger partial charge on any atom is -0.379 e. The van der Waals surface area contributed by atoms with Crippen molar-refractivity contribution in [1.82, 2.24) is 0 Å². The van der Waals surface area contributed by atoms with Gasteiger partial charge in [0.1, 0.15) is 0 Å². The number of rotatable bonds is 3. The fraction of sp³-hybridized carbons (Fsp3) is 0.0769. The smallest absolute Gasteiger partial charge is 0.0722 e. The molecular formula is C13H9Cl3IN. The number of nitrogens with one attached hydrogen (secondary N) is 1. The summed E-state index contributed by atoms with van der Waals surface area (Å²) in [5, 5.41) is 4.80. The number of benzene rings is 2. The molecule has 5 heteroatoms. The van der Waals surface area contributed by atoms with Gasteiger partial charge in [0.05, 0.1) is 15.7 Å². The summed E-state index contributed by atoms with van der Waals surface area (Å²) >= 11 is 20.3. The Hall–Kier alpha value is -0.160. The van der Waals surface area contributed by atoms with E-state index < -0.39 is 0 Å². The van der Waals surface area contributed by atoms with E-state index in [1.165, 1.54) is 3.57 Å². The Kier molecular flexibility index (Phi) is 5.01. The largest absolute Gasteiger partial charge is 0.379 e. The molecule has 0 amide bonds. The van der Waals surface area contributed by atoms with E-state index in [2.05, 4.69) is 52.2 Å². The van der Waals surface area contributed by atoms with Crippen LogP contribution in [-0.2, 0) is 6.54 Å². The summed E-state index contributed by atoms with van der Waals surface area (Å²) in [6.07, 6.45) is 0. The van der Waals surface area contributed by atoms with Gasteiger partial charge < -0.3 is 5.32 Å². The molecule has 0 fully saturated rings. The Morgan fingerprint density at radius 2 is 1.50 bits per heavy atom. The molecule has 1 nitrogen and oxygen atoms in total. The molecule has 0 aliphatic carbocycles. The van der Waals surface area contributed by atoms with Crippen molar-refractivity contribution in [1.29, 1.82) is 0 Å². The normalized spacial score (nSPS) is 10.4. The number of anilines is 1. The van der Waals surface area contributed by atoms with Gasteiger partial charge in [-0.05, 0) is 52.4 Å². The van der Waals surface area contributed by atoms with E-state index in [-0.39, 0.29) is 0 Å². The summed E-state index contributed by atoms with van der Waals surface area (Å²) in [6, 6.07) is 11.6. The highest BCUT2D eigenvalue weighted by Crippen LogP contribution is 2.33. The van der Waals surface area contributed by atoms with E-state index in [9.17, 15) is 0 Å². The minimum absolute atomic E-state index is 0.526. The van der Waals surface area contributed by atoms with Crippen LogP contribution in [0.1, 0.15) is 5.56 Å². The van der Waals surface area contributed by atoms with Crippen LogP contribution in [0.5, 0.6) is 0 Å². The molecule has 1 N–H and O–H groups in total. The standard InChI is InChI=1S/C13H9Cl3IN/c14-9-5-11(15)13(12(16)6-9)18-7-8-1-3-10(17)4-2-8/h1-6,18H,7H2. The maximum Gasteiger partial charge on any atom is 0.0722 e. The van der Waals surface area contributed by atoms with Gasteiger partial charge in [-0.3, -0.25) is 0 Å². The van der Waals surface area contributed by atoms with Crippen LogP contribution in [0.2, 0.25) is 15.1 Å². The first-order valence-corrected chi connectivity index (χ1v) is 7.40. The van der Waals surface area contributed by atoms with E-state index in [1.54, 1.807) is 12.1 Å². The molecular weight excluding hydrogens is 403 g/mol. The zero-order valence-corrected chi connectivity index (χ0v) is 13.6. The molecule has 0 saturated heterocycles. The fourth-order valence-corrected chi connectivity index (χ4v) is 2.81. The zero-order chi connectivity index (χ0) is 13.1. The lowest BCUT2D eigenvalue weighted by Crippen LogP contribution is -2.00. The van der Waals surface area contributed by atoms with Crippen LogP contribution in [0.15, 0.2) is 36.4 Å². The molecule has 94 valence electrons. The van der Waals surface area contributed by atoms with Crippen molar-refractivity contribution >= 4 is 63.1 Å². The number of hydrogen-bond donors (Lipinski definition) is 1. The van der Waals surface area contributed by atoms with Crippen LogP contribution in [0.25, 0.3) is 0 Å². The van der Waals surface area contributed by atoms with Crippen LogP contribution in [-0.4, -0.2) is 0 Å². The molecule has 0 bridgehead atoms. The van der Waals surface area contributed by atoms with Crippen molar-refractivity contribution in [3.8, 4) is 0 Å². The van der Waals surface area contributed by atoms with Crippen molar-refractivity contribution in [2.45, 2.75) is 6.54 Å². The second kappa shape index (κ2) is 6.33. The van der Waals surface area contributed by atoms with Crippen molar-refractivity contribution in [3.63, 3.8) is 0 Å². The van der Waals surface area contributed by atoms with E-state index >= 15 is 0 Å². The molecule has 0 spiro atoms. The van der Waals surface area contributed by atoms with Crippen molar-refractivity contribution in [2.75, 3.05) is 5.32 Å². The molecule has 2 aromatic rings. The van der Waals surface area contributed by atoms with E-state index in [0.717, 1.165) is 5.56 Å². The number of hydrogen-bond acceptors (Lipinski definition) is 1. The Morgan fingerprint density at radius 3 is 2.06 bits per heavy atom. The van der Waals surface area contributed by atoms with Gasteiger partial charge >= 0.3 is 0 Å². The minimum atomic E-state index is 0.526. The monoisotopic (exact) mass is 411 g/mol. The molecule has 0 unspecified atom stereocenters.